The Morgan fingerprint density at radius 2 is 2.04 bits per heavy atom. The third kappa shape index (κ3) is 3.81. The molecule has 0 spiro atoms. The van der Waals surface area contributed by atoms with Crippen molar-refractivity contribution in [2.45, 2.75) is 13.3 Å². The van der Waals surface area contributed by atoms with Crippen LogP contribution in [0.1, 0.15) is 11.3 Å². The molecule has 4 aromatic rings. The minimum atomic E-state index is -0.0511. The molecule has 142 valence electrons. The van der Waals surface area contributed by atoms with Gasteiger partial charge in [0.2, 0.25) is 5.91 Å². The standard InChI is InChI=1S/C21H18BrN3O2S/c1-13-9-15(22)5-8-18(13)23-20(26)10-16-12-28-21-24-19(11-25(16)21)14-3-6-17(27-2)7-4-14/h3-9,11-12H,10H2,1-2H3,(H,23,26). The zero-order chi connectivity index (χ0) is 19.7. The number of aromatic nitrogens is 2. The number of halogens is 1. The molecule has 0 aliphatic rings. The van der Waals surface area contributed by atoms with Gasteiger partial charge in [-0.3, -0.25) is 9.20 Å². The van der Waals surface area contributed by atoms with Gasteiger partial charge in [0.05, 0.1) is 19.2 Å². The largest absolute Gasteiger partial charge is 0.497 e. The minimum absolute atomic E-state index is 0.0511. The molecule has 0 saturated heterocycles. The molecule has 0 fully saturated rings. The van der Waals surface area contributed by atoms with Crippen molar-refractivity contribution in [2.75, 3.05) is 12.4 Å². The molecule has 0 radical (unpaired) electrons. The Balaban J connectivity index is 1.54. The molecule has 1 amide bonds. The molecular weight excluding hydrogens is 438 g/mol. The number of nitrogens with zero attached hydrogens (tertiary/aromatic N) is 2. The topological polar surface area (TPSA) is 55.6 Å². The molecular formula is C21H18BrN3O2S. The molecule has 7 heteroatoms. The van der Waals surface area contributed by atoms with Gasteiger partial charge in [0, 0.05) is 33.0 Å². The Morgan fingerprint density at radius 3 is 2.75 bits per heavy atom. The molecule has 5 nitrogen and oxygen atoms in total. The lowest BCUT2D eigenvalue weighted by atomic mass is 10.1. The zero-order valence-electron chi connectivity index (χ0n) is 15.4. The van der Waals surface area contributed by atoms with Gasteiger partial charge in [-0.25, -0.2) is 4.98 Å². The van der Waals surface area contributed by atoms with Crippen LogP contribution in [0.3, 0.4) is 0 Å². The van der Waals surface area contributed by atoms with Gasteiger partial charge in [-0.2, -0.15) is 0 Å². The summed E-state index contributed by atoms with van der Waals surface area (Å²) in [5.41, 5.74) is 4.64. The number of carbonyl (C=O) groups is 1. The van der Waals surface area contributed by atoms with E-state index in [1.807, 2.05) is 65.4 Å². The van der Waals surface area contributed by atoms with Crippen LogP contribution in [0.4, 0.5) is 5.69 Å². The molecule has 0 bridgehead atoms. The van der Waals surface area contributed by atoms with Gasteiger partial charge in [-0.05, 0) is 55.0 Å². The Morgan fingerprint density at radius 1 is 1.25 bits per heavy atom. The predicted molar refractivity (Wildman–Crippen MR) is 116 cm³/mol. The highest BCUT2D eigenvalue weighted by Crippen LogP contribution is 2.26. The van der Waals surface area contributed by atoms with Crippen molar-refractivity contribution in [3.05, 3.63) is 69.8 Å². The number of nitrogens with one attached hydrogen (secondary N) is 1. The maximum absolute atomic E-state index is 12.5. The molecule has 0 unspecified atom stereocenters. The SMILES string of the molecule is COc1ccc(-c2cn3c(CC(=O)Nc4ccc(Br)cc4C)csc3n2)cc1. The zero-order valence-corrected chi connectivity index (χ0v) is 17.8. The first-order valence-electron chi connectivity index (χ1n) is 8.69. The first-order chi connectivity index (χ1) is 13.5. The smallest absolute Gasteiger partial charge is 0.230 e. The number of ether oxygens (including phenoxy) is 1. The summed E-state index contributed by atoms with van der Waals surface area (Å²) in [7, 11) is 1.65. The summed E-state index contributed by atoms with van der Waals surface area (Å²) in [6, 6.07) is 13.6. The molecule has 0 atom stereocenters. The number of anilines is 1. The second-order valence-corrected chi connectivity index (χ2v) is 8.17. The fraction of sp³-hybridized carbons (Fsp3) is 0.143. The molecule has 0 aliphatic heterocycles. The van der Waals surface area contributed by atoms with Crippen LogP contribution in [-0.4, -0.2) is 22.4 Å². The molecule has 1 N–H and O–H groups in total. The summed E-state index contributed by atoms with van der Waals surface area (Å²) < 4.78 is 8.18. The van der Waals surface area contributed by atoms with Crippen LogP contribution in [0, 0.1) is 6.92 Å². The minimum Gasteiger partial charge on any atom is -0.497 e. The first kappa shape index (κ1) is 18.7. The number of aryl methyl sites for hydroxylation is 1. The fourth-order valence-corrected chi connectivity index (χ4v) is 4.33. The van der Waals surface area contributed by atoms with Crippen LogP contribution >= 0.6 is 27.3 Å². The summed E-state index contributed by atoms with van der Waals surface area (Å²) in [5, 5.41) is 4.97. The van der Waals surface area contributed by atoms with Gasteiger partial charge in [-0.1, -0.05) is 15.9 Å². The highest BCUT2D eigenvalue weighted by molar-refractivity contribution is 9.10. The Kier molecular flexibility index (Phi) is 5.19. The number of rotatable bonds is 5. The van der Waals surface area contributed by atoms with Crippen LogP contribution < -0.4 is 10.1 Å². The summed E-state index contributed by atoms with van der Waals surface area (Å²) in [4.78, 5) is 18.1. The molecule has 2 aromatic carbocycles. The summed E-state index contributed by atoms with van der Waals surface area (Å²) in [5.74, 6) is 0.759. The van der Waals surface area contributed by atoms with E-state index in [9.17, 15) is 4.79 Å². The van der Waals surface area contributed by atoms with Crippen LogP contribution in [-0.2, 0) is 11.2 Å². The van der Waals surface area contributed by atoms with E-state index in [-0.39, 0.29) is 12.3 Å². The lowest BCUT2D eigenvalue weighted by molar-refractivity contribution is -0.115. The van der Waals surface area contributed by atoms with E-state index in [1.165, 1.54) is 11.3 Å². The van der Waals surface area contributed by atoms with Gasteiger partial charge < -0.3 is 10.1 Å². The van der Waals surface area contributed by atoms with Gasteiger partial charge >= 0.3 is 0 Å². The molecule has 2 aromatic heterocycles. The second kappa shape index (κ2) is 7.77. The highest BCUT2D eigenvalue weighted by atomic mass is 79.9. The van der Waals surface area contributed by atoms with Crippen molar-refractivity contribution in [2.24, 2.45) is 0 Å². The maximum Gasteiger partial charge on any atom is 0.230 e. The van der Waals surface area contributed by atoms with Crippen molar-refractivity contribution in [1.82, 2.24) is 9.38 Å². The average Bonchev–Trinajstić information content (AvgIpc) is 3.26. The molecule has 28 heavy (non-hydrogen) atoms. The van der Waals surface area contributed by atoms with Crippen LogP contribution in [0.2, 0.25) is 0 Å². The van der Waals surface area contributed by atoms with E-state index in [4.69, 9.17) is 4.74 Å². The van der Waals surface area contributed by atoms with E-state index in [1.54, 1.807) is 7.11 Å². The Bertz CT molecular complexity index is 1150. The number of hydrogen-bond donors (Lipinski definition) is 1. The van der Waals surface area contributed by atoms with Crippen LogP contribution in [0.25, 0.3) is 16.2 Å². The summed E-state index contributed by atoms with van der Waals surface area (Å²) in [6.45, 7) is 1.97. The highest BCUT2D eigenvalue weighted by Gasteiger charge is 2.13. The van der Waals surface area contributed by atoms with Crippen LogP contribution in [0.5, 0.6) is 5.75 Å². The monoisotopic (exact) mass is 455 g/mol. The van der Waals surface area contributed by atoms with Crippen molar-refractivity contribution in [3.63, 3.8) is 0 Å². The van der Waals surface area contributed by atoms with Crippen molar-refractivity contribution in [1.29, 1.82) is 0 Å². The number of hydrogen-bond acceptors (Lipinski definition) is 4. The van der Waals surface area contributed by atoms with Gasteiger partial charge in [0.25, 0.3) is 0 Å². The van der Waals surface area contributed by atoms with Gasteiger partial charge in [0.15, 0.2) is 4.96 Å². The summed E-state index contributed by atoms with van der Waals surface area (Å²) >= 11 is 4.97. The van der Waals surface area contributed by atoms with Gasteiger partial charge in [-0.15, -0.1) is 11.3 Å². The maximum atomic E-state index is 12.5. The van der Waals surface area contributed by atoms with Gasteiger partial charge in [0.1, 0.15) is 5.75 Å². The average molecular weight is 456 g/mol. The normalized spacial score (nSPS) is 11.0. The number of benzene rings is 2. The van der Waals surface area contributed by atoms with Crippen LogP contribution in [0.15, 0.2) is 58.5 Å². The quantitative estimate of drug-likeness (QED) is 0.442. The number of methoxy groups -OCH3 is 1. The number of imidazole rings is 1. The second-order valence-electron chi connectivity index (χ2n) is 6.42. The van der Waals surface area contributed by atoms with E-state index < -0.39 is 0 Å². The third-order valence-electron chi connectivity index (χ3n) is 4.47. The summed E-state index contributed by atoms with van der Waals surface area (Å²) in [6.07, 6.45) is 2.26. The molecule has 2 heterocycles. The number of amides is 1. The first-order valence-corrected chi connectivity index (χ1v) is 10.4. The molecule has 4 rings (SSSR count). The lowest BCUT2D eigenvalue weighted by Gasteiger charge is -2.08. The molecule has 0 saturated carbocycles. The Labute approximate surface area is 175 Å². The van der Waals surface area contributed by atoms with Crippen molar-refractivity contribution >= 4 is 43.8 Å². The number of thiazole rings is 1. The lowest BCUT2D eigenvalue weighted by Crippen LogP contribution is -2.16. The number of carbonyl (C=O) groups excluding carboxylic acids is 1. The van der Waals surface area contributed by atoms with E-state index in [0.29, 0.717) is 0 Å². The fourth-order valence-electron chi connectivity index (χ4n) is 2.98. The van der Waals surface area contributed by atoms with Crippen molar-refractivity contribution in [3.8, 4) is 17.0 Å². The third-order valence-corrected chi connectivity index (χ3v) is 5.86. The predicted octanol–water partition coefficient (Wildman–Crippen LogP) is 5.32. The molecule has 0 aliphatic carbocycles. The van der Waals surface area contributed by atoms with E-state index in [2.05, 4.69) is 26.2 Å². The Hall–Kier alpha value is -2.64. The van der Waals surface area contributed by atoms with E-state index in [0.717, 1.165) is 43.4 Å². The number of fused-ring (bicyclic) bond motifs is 1. The van der Waals surface area contributed by atoms with Crippen molar-refractivity contribution < 1.29 is 9.53 Å². The van der Waals surface area contributed by atoms with E-state index >= 15 is 0 Å².